The maximum Gasteiger partial charge on any atom is 0.295 e. The van der Waals surface area contributed by atoms with E-state index in [9.17, 15) is 14.7 Å². The van der Waals surface area contributed by atoms with Gasteiger partial charge in [0.05, 0.1) is 32.4 Å². The summed E-state index contributed by atoms with van der Waals surface area (Å²) in [5.41, 5.74) is 1.80. The van der Waals surface area contributed by atoms with E-state index in [1.807, 2.05) is 18.2 Å². The number of pyridine rings is 1. The lowest BCUT2D eigenvalue weighted by atomic mass is 9.96. The second-order valence-electron chi connectivity index (χ2n) is 7.25. The molecule has 7 nitrogen and oxygen atoms in total. The summed E-state index contributed by atoms with van der Waals surface area (Å²) in [5.74, 6) is -0.472. The zero-order valence-electron chi connectivity index (χ0n) is 17.7. The average molecular weight is 430 g/mol. The largest absolute Gasteiger partial charge is 0.507 e. The van der Waals surface area contributed by atoms with Gasteiger partial charge in [0.2, 0.25) is 0 Å². The third-order valence-electron chi connectivity index (χ3n) is 5.44. The molecule has 0 saturated carbocycles. The van der Waals surface area contributed by atoms with Crippen molar-refractivity contribution < 1.29 is 24.2 Å². The van der Waals surface area contributed by atoms with E-state index in [0.717, 1.165) is 5.56 Å². The Morgan fingerprint density at radius 2 is 1.75 bits per heavy atom. The number of aliphatic hydroxyl groups is 1. The summed E-state index contributed by atoms with van der Waals surface area (Å²) in [5, 5.41) is 11.1. The van der Waals surface area contributed by atoms with Gasteiger partial charge >= 0.3 is 0 Å². The number of para-hydroxylation sites is 1. The maximum atomic E-state index is 13.1. The Morgan fingerprint density at radius 3 is 2.41 bits per heavy atom. The van der Waals surface area contributed by atoms with Crippen molar-refractivity contribution in [1.82, 2.24) is 9.88 Å². The molecule has 3 aromatic rings. The lowest BCUT2D eigenvalue weighted by molar-refractivity contribution is -0.140. The summed E-state index contributed by atoms with van der Waals surface area (Å²) in [6.45, 7) is 0.132. The van der Waals surface area contributed by atoms with E-state index in [2.05, 4.69) is 4.98 Å². The first-order valence-electron chi connectivity index (χ1n) is 9.99. The molecule has 162 valence electrons. The molecule has 32 heavy (non-hydrogen) atoms. The fourth-order valence-corrected chi connectivity index (χ4v) is 3.85. The highest BCUT2D eigenvalue weighted by molar-refractivity contribution is 6.46. The van der Waals surface area contributed by atoms with Gasteiger partial charge in [0.15, 0.2) is 0 Å². The van der Waals surface area contributed by atoms with E-state index < -0.39 is 17.7 Å². The van der Waals surface area contributed by atoms with E-state index in [0.29, 0.717) is 22.6 Å². The lowest BCUT2D eigenvalue weighted by Crippen LogP contribution is -2.29. The zero-order valence-corrected chi connectivity index (χ0v) is 17.7. The summed E-state index contributed by atoms with van der Waals surface area (Å²) in [6.07, 6.45) is 3.20. The number of benzene rings is 2. The topological polar surface area (TPSA) is 89.0 Å². The van der Waals surface area contributed by atoms with E-state index in [4.69, 9.17) is 9.47 Å². The second-order valence-corrected chi connectivity index (χ2v) is 7.25. The summed E-state index contributed by atoms with van der Waals surface area (Å²) in [7, 11) is 3.09. The standard InChI is InChI=1S/C25H22N2O5/c1-31-19-11-9-16(10-12-19)23(28)21-22(17-7-5-13-26-14-17)27(25(30)24(21)29)15-18-6-3-4-8-20(18)32-2/h3-14,22,28H,15H2,1-2H3/b23-21+. The van der Waals surface area contributed by atoms with Gasteiger partial charge in [-0.2, -0.15) is 0 Å². The summed E-state index contributed by atoms with van der Waals surface area (Å²) in [4.78, 5) is 31.8. The predicted molar refractivity (Wildman–Crippen MR) is 118 cm³/mol. The molecule has 0 aliphatic carbocycles. The minimum absolute atomic E-state index is 0.0167. The van der Waals surface area contributed by atoms with Crippen LogP contribution in [0.2, 0.25) is 0 Å². The monoisotopic (exact) mass is 430 g/mol. The van der Waals surface area contributed by atoms with Gasteiger partial charge in [-0.15, -0.1) is 0 Å². The van der Waals surface area contributed by atoms with Gasteiger partial charge in [0.25, 0.3) is 11.7 Å². The van der Waals surface area contributed by atoms with Crippen LogP contribution in [0.15, 0.2) is 78.6 Å². The number of amides is 1. The first kappa shape index (κ1) is 21.1. The van der Waals surface area contributed by atoms with Gasteiger partial charge in [-0.3, -0.25) is 14.6 Å². The molecule has 1 aliphatic heterocycles. The Kier molecular flexibility index (Phi) is 5.89. The molecule has 1 fully saturated rings. The van der Waals surface area contributed by atoms with Crippen LogP contribution in [0, 0.1) is 0 Å². The second kappa shape index (κ2) is 8.93. The number of hydrogen-bond acceptors (Lipinski definition) is 6. The number of methoxy groups -OCH3 is 2. The molecule has 0 bridgehead atoms. The SMILES string of the molecule is COc1ccc(/C(O)=C2\C(=O)C(=O)N(Cc3ccccc3OC)C2c2cccnc2)cc1. The number of ketones is 1. The Morgan fingerprint density at radius 1 is 1.00 bits per heavy atom. The molecule has 1 aromatic heterocycles. The van der Waals surface area contributed by atoms with Crippen LogP contribution in [0.25, 0.3) is 5.76 Å². The minimum atomic E-state index is -0.796. The molecular weight excluding hydrogens is 408 g/mol. The number of carbonyl (C=O) groups is 2. The van der Waals surface area contributed by atoms with Crippen LogP contribution >= 0.6 is 0 Å². The normalized spacial score (nSPS) is 17.4. The number of hydrogen-bond donors (Lipinski definition) is 1. The highest BCUT2D eigenvalue weighted by Crippen LogP contribution is 2.40. The number of ether oxygens (including phenoxy) is 2. The van der Waals surface area contributed by atoms with E-state index >= 15 is 0 Å². The number of rotatable bonds is 6. The Hall–Kier alpha value is -4.13. The van der Waals surface area contributed by atoms with Crippen molar-refractivity contribution in [3.8, 4) is 11.5 Å². The van der Waals surface area contributed by atoms with Crippen molar-refractivity contribution in [1.29, 1.82) is 0 Å². The smallest absolute Gasteiger partial charge is 0.295 e. The first-order chi connectivity index (χ1) is 15.5. The molecule has 4 rings (SSSR count). The zero-order chi connectivity index (χ0) is 22.7. The van der Waals surface area contributed by atoms with Gasteiger partial charge in [0, 0.05) is 23.5 Å². The molecule has 7 heteroatoms. The summed E-state index contributed by atoms with van der Waals surface area (Å²) >= 11 is 0. The number of Topliss-reactive ketones (excluding diaryl/α,β-unsaturated/α-hetero) is 1. The molecule has 1 saturated heterocycles. The van der Waals surface area contributed by atoms with Crippen molar-refractivity contribution in [3.63, 3.8) is 0 Å². The number of nitrogens with zero attached hydrogens (tertiary/aromatic N) is 2. The maximum absolute atomic E-state index is 13.1. The van der Waals surface area contributed by atoms with Gasteiger partial charge in [-0.05, 0) is 42.0 Å². The molecule has 1 unspecified atom stereocenters. The van der Waals surface area contributed by atoms with Crippen molar-refractivity contribution in [3.05, 3.63) is 95.3 Å². The van der Waals surface area contributed by atoms with E-state index in [1.54, 1.807) is 69.1 Å². The molecule has 1 N–H and O–H groups in total. The van der Waals surface area contributed by atoms with Gasteiger partial charge < -0.3 is 19.5 Å². The van der Waals surface area contributed by atoms with Crippen LogP contribution in [0.4, 0.5) is 0 Å². The first-order valence-corrected chi connectivity index (χ1v) is 9.99. The van der Waals surface area contributed by atoms with Crippen molar-refractivity contribution in [2.24, 2.45) is 0 Å². The van der Waals surface area contributed by atoms with Crippen molar-refractivity contribution in [2.45, 2.75) is 12.6 Å². The molecule has 1 amide bonds. The summed E-state index contributed by atoms with van der Waals surface area (Å²) < 4.78 is 10.6. The molecular formula is C25H22N2O5. The number of aliphatic hydroxyl groups excluding tert-OH is 1. The lowest BCUT2D eigenvalue weighted by Gasteiger charge is -2.25. The Bertz CT molecular complexity index is 1170. The third-order valence-corrected chi connectivity index (χ3v) is 5.44. The van der Waals surface area contributed by atoms with Crippen LogP contribution in [0.1, 0.15) is 22.7 Å². The Labute approximate surface area is 185 Å². The predicted octanol–water partition coefficient (Wildman–Crippen LogP) is 3.72. The van der Waals surface area contributed by atoms with Crippen LogP contribution in [0.3, 0.4) is 0 Å². The molecule has 1 atom stereocenters. The molecule has 0 radical (unpaired) electrons. The number of aromatic nitrogens is 1. The van der Waals surface area contributed by atoms with Crippen LogP contribution in [-0.4, -0.2) is 40.9 Å². The third kappa shape index (κ3) is 3.80. The Balaban J connectivity index is 1.84. The van der Waals surface area contributed by atoms with Crippen molar-refractivity contribution >= 4 is 17.4 Å². The molecule has 0 spiro atoms. The van der Waals surface area contributed by atoms with Crippen molar-refractivity contribution in [2.75, 3.05) is 14.2 Å². The number of carbonyl (C=O) groups excluding carboxylic acids is 2. The highest BCUT2D eigenvalue weighted by Gasteiger charge is 2.46. The molecule has 1 aliphatic rings. The summed E-state index contributed by atoms with van der Waals surface area (Å²) in [6, 6.07) is 16.7. The van der Waals surface area contributed by atoms with Gasteiger partial charge in [-0.25, -0.2) is 0 Å². The fraction of sp³-hybridized carbons (Fsp3) is 0.160. The fourth-order valence-electron chi connectivity index (χ4n) is 3.85. The van der Waals surface area contributed by atoms with Crippen LogP contribution in [0.5, 0.6) is 11.5 Å². The van der Waals surface area contributed by atoms with Crippen LogP contribution in [-0.2, 0) is 16.1 Å². The van der Waals surface area contributed by atoms with Gasteiger partial charge in [-0.1, -0.05) is 24.3 Å². The quantitative estimate of drug-likeness (QED) is 0.364. The molecule has 2 aromatic carbocycles. The number of likely N-dealkylation sites (tertiary alicyclic amines) is 1. The van der Waals surface area contributed by atoms with Gasteiger partial charge in [0.1, 0.15) is 17.3 Å². The van der Waals surface area contributed by atoms with Crippen LogP contribution < -0.4 is 9.47 Å². The minimum Gasteiger partial charge on any atom is -0.507 e. The van der Waals surface area contributed by atoms with E-state index in [-0.39, 0.29) is 17.9 Å². The average Bonchev–Trinajstić information content (AvgIpc) is 3.09. The highest BCUT2D eigenvalue weighted by atomic mass is 16.5. The molecule has 2 heterocycles. The van der Waals surface area contributed by atoms with E-state index in [1.165, 1.54) is 4.90 Å².